The van der Waals surface area contributed by atoms with Crippen LogP contribution in [0.3, 0.4) is 0 Å². The van der Waals surface area contributed by atoms with Crippen LogP contribution < -0.4 is 15.5 Å². The van der Waals surface area contributed by atoms with Crippen molar-refractivity contribution < 1.29 is 9.59 Å². The number of pyridine rings is 1. The first-order valence-electron chi connectivity index (χ1n) is 11.9. The zero-order chi connectivity index (χ0) is 22.4. The number of hydrogen-bond acceptors (Lipinski definition) is 6. The summed E-state index contributed by atoms with van der Waals surface area (Å²) in [6.45, 7) is 2.27. The minimum absolute atomic E-state index is 0.0512. The van der Waals surface area contributed by atoms with Crippen LogP contribution in [0.2, 0.25) is 0 Å². The molecule has 1 aromatic heterocycles. The van der Waals surface area contributed by atoms with Gasteiger partial charge >= 0.3 is 0 Å². The van der Waals surface area contributed by atoms with Crippen molar-refractivity contribution in [1.29, 1.82) is 0 Å². The third kappa shape index (κ3) is 3.89. The molecule has 1 aromatic rings. The summed E-state index contributed by atoms with van der Waals surface area (Å²) in [4.78, 5) is 31.6. The lowest BCUT2D eigenvalue weighted by atomic mass is 9.78. The second-order valence-corrected chi connectivity index (χ2v) is 10.3. The van der Waals surface area contributed by atoms with E-state index >= 15 is 0 Å². The Morgan fingerprint density at radius 1 is 1.22 bits per heavy atom. The molecule has 5 aliphatic rings. The van der Waals surface area contributed by atoms with E-state index in [9.17, 15) is 9.59 Å². The molecule has 4 aliphatic carbocycles. The summed E-state index contributed by atoms with van der Waals surface area (Å²) in [6, 6.07) is 2.36. The van der Waals surface area contributed by atoms with E-state index in [0.717, 1.165) is 34.9 Å². The molecule has 0 aromatic carbocycles. The minimum Gasteiger partial charge on any atom is -0.376 e. The Morgan fingerprint density at radius 3 is 2.81 bits per heavy atom. The van der Waals surface area contributed by atoms with Crippen LogP contribution in [0.25, 0.3) is 0 Å². The third-order valence-corrected chi connectivity index (χ3v) is 8.13. The van der Waals surface area contributed by atoms with E-state index < -0.39 is 0 Å². The molecule has 8 heteroatoms. The number of nitrogens with zero attached hydrogens (tertiary/aromatic N) is 4. The maximum atomic E-state index is 13.0. The molecule has 8 nitrogen and oxygen atoms in total. The van der Waals surface area contributed by atoms with Gasteiger partial charge in [0.15, 0.2) is 0 Å². The normalized spacial score (nSPS) is 34.9. The highest BCUT2D eigenvalue weighted by atomic mass is 16.2. The number of rotatable bonds is 7. The molecule has 4 bridgehead atoms. The van der Waals surface area contributed by atoms with Gasteiger partial charge in [0.2, 0.25) is 11.8 Å². The molecular formula is C24H34N6O2. The van der Waals surface area contributed by atoms with Crippen LogP contribution in [0.15, 0.2) is 23.6 Å². The van der Waals surface area contributed by atoms with Crippen molar-refractivity contribution in [1.82, 2.24) is 20.6 Å². The van der Waals surface area contributed by atoms with Crippen LogP contribution in [0.1, 0.15) is 38.2 Å². The summed E-state index contributed by atoms with van der Waals surface area (Å²) in [5.41, 5.74) is 1.93. The number of aromatic nitrogens is 1. The van der Waals surface area contributed by atoms with Crippen molar-refractivity contribution in [2.24, 2.45) is 34.7 Å². The van der Waals surface area contributed by atoms with Gasteiger partial charge in [-0.3, -0.25) is 14.6 Å². The van der Waals surface area contributed by atoms with Crippen LogP contribution in [0.5, 0.6) is 0 Å². The van der Waals surface area contributed by atoms with Crippen molar-refractivity contribution in [2.75, 3.05) is 25.5 Å². The van der Waals surface area contributed by atoms with Crippen molar-refractivity contribution >= 4 is 23.7 Å². The highest BCUT2D eigenvalue weighted by Crippen LogP contribution is 2.58. The summed E-state index contributed by atoms with van der Waals surface area (Å²) >= 11 is 0. The Kier molecular flexibility index (Phi) is 5.65. The van der Waals surface area contributed by atoms with Gasteiger partial charge in [0, 0.05) is 39.1 Å². The standard InChI is InChI=1S/C24H34N6O2/c1-14-20(28-23-18-7-15-6-17(9-18)19(23)8-15)11-27-30(24(14)32)13-22(31)26-10-16-4-5-25-12-21(16)29(2)3/h4-5,11-12,14-15,17-20,23,28H,6-10,13H2,1-3H3,(H,26,31). The minimum atomic E-state index is -0.225. The molecular weight excluding hydrogens is 404 g/mol. The molecule has 2 N–H and O–H groups in total. The molecule has 2 amide bonds. The molecule has 4 saturated carbocycles. The zero-order valence-corrected chi connectivity index (χ0v) is 19.2. The first-order valence-corrected chi connectivity index (χ1v) is 11.9. The maximum Gasteiger partial charge on any atom is 0.247 e. The fourth-order valence-electron chi connectivity index (χ4n) is 6.60. The van der Waals surface area contributed by atoms with Crippen LogP contribution in [0.4, 0.5) is 5.69 Å². The van der Waals surface area contributed by atoms with E-state index in [1.165, 1.54) is 30.7 Å². The molecule has 0 spiro atoms. The van der Waals surface area contributed by atoms with E-state index in [1.807, 2.05) is 38.2 Å². The molecule has 1 aliphatic heterocycles. The summed E-state index contributed by atoms with van der Waals surface area (Å²) < 4.78 is 0. The number of amides is 2. The molecule has 4 fully saturated rings. The molecule has 6 rings (SSSR count). The summed E-state index contributed by atoms with van der Waals surface area (Å²) in [6.07, 6.45) is 10.8. The first kappa shape index (κ1) is 21.4. The predicted molar refractivity (Wildman–Crippen MR) is 123 cm³/mol. The first-order chi connectivity index (χ1) is 15.4. The van der Waals surface area contributed by atoms with Gasteiger partial charge in [-0.2, -0.15) is 5.10 Å². The van der Waals surface area contributed by atoms with Gasteiger partial charge in [-0.15, -0.1) is 0 Å². The summed E-state index contributed by atoms with van der Waals surface area (Å²) in [5.74, 6) is 2.83. The number of carbonyl (C=O) groups is 2. The maximum absolute atomic E-state index is 13.0. The van der Waals surface area contributed by atoms with Crippen LogP contribution >= 0.6 is 0 Å². The fraction of sp³-hybridized carbons (Fsp3) is 0.667. The van der Waals surface area contributed by atoms with Gasteiger partial charge in [-0.05, 0) is 61.0 Å². The number of hydrazone groups is 1. The van der Waals surface area contributed by atoms with Crippen molar-refractivity contribution in [2.45, 2.75) is 51.2 Å². The largest absolute Gasteiger partial charge is 0.376 e. The van der Waals surface area contributed by atoms with Gasteiger partial charge in [-0.1, -0.05) is 6.92 Å². The lowest BCUT2D eigenvalue weighted by Crippen LogP contribution is -2.55. The molecule has 172 valence electrons. The number of nitrogens with one attached hydrogen (secondary N) is 2. The lowest BCUT2D eigenvalue weighted by Gasteiger charge is -2.38. The van der Waals surface area contributed by atoms with E-state index in [0.29, 0.717) is 12.6 Å². The molecule has 0 saturated heterocycles. The number of carbonyl (C=O) groups excluding carboxylic acids is 2. The average Bonchev–Trinajstić information content (AvgIpc) is 3.19. The van der Waals surface area contributed by atoms with E-state index in [1.54, 1.807) is 12.4 Å². The van der Waals surface area contributed by atoms with Gasteiger partial charge < -0.3 is 15.5 Å². The van der Waals surface area contributed by atoms with Crippen LogP contribution in [-0.2, 0) is 16.1 Å². The fourth-order valence-corrected chi connectivity index (χ4v) is 6.60. The molecule has 0 radical (unpaired) electrons. The molecule has 7 atom stereocenters. The van der Waals surface area contributed by atoms with E-state index in [-0.39, 0.29) is 30.3 Å². The third-order valence-electron chi connectivity index (χ3n) is 8.13. The van der Waals surface area contributed by atoms with E-state index in [4.69, 9.17) is 0 Å². The Labute approximate surface area is 189 Å². The van der Waals surface area contributed by atoms with Crippen molar-refractivity contribution in [3.05, 3.63) is 24.0 Å². The van der Waals surface area contributed by atoms with Gasteiger partial charge in [-0.25, -0.2) is 5.01 Å². The number of anilines is 1. The molecule has 32 heavy (non-hydrogen) atoms. The quantitative estimate of drug-likeness (QED) is 0.675. The SMILES string of the molecule is CC1C(=O)N(CC(=O)NCc2ccncc2N(C)C)N=CC1NC1C2CC3CC(C2)C1C3. The van der Waals surface area contributed by atoms with Crippen molar-refractivity contribution in [3.63, 3.8) is 0 Å². The Hall–Kier alpha value is -2.48. The topological polar surface area (TPSA) is 89.9 Å². The summed E-state index contributed by atoms with van der Waals surface area (Å²) in [5, 5.41) is 12.4. The zero-order valence-electron chi connectivity index (χ0n) is 19.2. The highest BCUT2D eigenvalue weighted by Gasteiger charge is 2.54. The van der Waals surface area contributed by atoms with Crippen LogP contribution in [-0.4, -0.2) is 60.7 Å². The molecule has 7 unspecified atom stereocenters. The lowest BCUT2D eigenvalue weighted by molar-refractivity contribution is -0.140. The Bertz CT molecular complexity index is 914. The van der Waals surface area contributed by atoms with Gasteiger partial charge in [0.25, 0.3) is 0 Å². The monoisotopic (exact) mass is 438 g/mol. The predicted octanol–water partition coefficient (Wildman–Crippen LogP) is 1.62. The Balaban J connectivity index is 1.16. The summed E-state index contributed by atoms with van der Waals surface area (Å²) in [7, 11) is 3.88. The smallest absolute Gasteiger partial charge is 0.247 e. The van der Waals surface area contributed by atoms with Gasteiger partial charge in [0.1, 0.15) is 6.54 Å². The molecule has 2 heterocycles. The van der Waals surface area contributed by atoms with Crippen LogP contribution in [0, 0.1) is 29.6 Å². The second-order valence-electron chi connectivity index (χ2n) is 10.3. The second kappa shape index (κ2) is 8.46. The van der Waals surface area contributed by atoms with Crippen molar-refractivity contribution in [3.8, 4) is 0 Å². The average molecular weight is 439 g/mol. The number of hydrogen-bond donors (Lipinski definition) is 2. The Morgan fingerprint density at radius 2 is 2.03 bits per heavy atom. The highest BCUT2D eigenvalue weighted by molar-refractivity contribution is 5.91. The van der Waals surface area contributed by atoms with Gasteiger partial charge in [0.05, 0.1) is 23.8 Å². The van der Waals surface area contributed by atoms with E-state index in [2.05, 4.69) is 20.7 Å².